The Balaban J connectivity index is 1.47. The maximum Gasteiger partial charge on any atom is 0.249 e. The molecule has 2 aromatic heterocycles. The van der Waals surface area contributed by atoms with E-state index in [1.165, 1.54) is 0 Å². The molecule has 0 amide bonds. The van der Waals surface area contributed by atoms with Crippen molar-refractivity contribution >= 4 is 17.3 Å². The van der Waals surface area contributed by atoms with E-state index in [0.29, 0.717) is 5.95 Å². The topological polar surface area (TPSA) is 72.4 Å². The molecule has 7 heteroatoms. The van der Waals surface area contributed by atoms with Crippen molar-refractivity contribution in [1.82, 2.24) is 19.1 Å². The molecule has 0 radical (unpaired) electrons. The maximum atomic E-state index is 4.18. The van der Waals surface area contributed by atoms with Gasteiger partial charge in [-0.05, 0) is 30.7 Å². The quantitative estimate of drug-likeness (QED) is 0.536. The van der Waals surface area contributed by atoms with E-state index < -0.39 is 0 Å². The fraction of sp³-hybridized carbons (Fsp3) is 0.250. The van der Waals surface area contributed by atoms with E-state index in [4.69, 9.17) is 0 Å². The largest absolute Gasteiger partial charge is 0.385 e. The van der Waals surface area contributed by atoms with Crippen LogP contribution in [0.5, 0.6) is 0 Å². The van der Waals surface area contributed by atoms with Crippen molar-refractivity contribution in [3.05, 3.63) is 55.4 Å². The molecule has 0 spiro atoms. The van der Waals surface area contributed by atoms with Crippen molar-refractivity contribution in [3.8, 4) is 0 Å². The molecule has 1 N–H and O–H groups in total. The third-order valence-electron chi connectivity index (χ3n) is 3.40. The van der Waals surface area contributed by atoms with Crippen LogP contribution in [-0.2, 0) is 13.6 Å². The minimum Gasteiger partial charge on any atom is -0.385 e. The SMILES string of the molecule is Cn1ccnc1/N=N/c1ccc(NCCCn2ccnc2)cc1. The number of imidazole rings is 2. The molecule has 118 valence electrons. The van der Waals surface area contributed by atoms with E-state index in [0.717, 1.165) is 30.9 Å². The summed E-state index contributed by atoms with van der Waals surface area (Å²) in [4.78, 5) is 8.13. The van der Waals surface area contributed by atoms with Crippen LogP contribution in [0.15, 0.2) is 65.6 Å². The molecular weight excluding hydrogens is 290 g/mol. The molecule has 0 atom stereocenters. The van der Waals surface area contributed by atoms with Crippen molar-refractivity contribution < 1.29 is 0 Å². The van der Waals surface area contributed by atoms with Gasteiger partial charge >= 0.3 is 0 Å². The predicted molar refractivity (Wildman–Crippen MR) is 89.2 cm³/mol. The number of nitrogens with zero attached hydrogens (tertiary/aromatic N) is 6. The Hall–Kier alpha value is -2.96. The Morgan fingerprint density at radius 3 is 2.65 bits per heavy atom. The normalized spacial score (nSPS) is 11.2. The van der Waals surface area contributed by atoms with E-state index >= 15 is 0 Å². The summed E-state index contributed by atoms with van der Waals surface area (Å²) in [5.41, 5.74) is 1.88. The van der Waals surface area contributed by atoms with Gasteiger partial charge in [-0.25, -0.2) is 9.97 Å². The Kier molecular flexibility index (Phi) is 4.78. The standard InChI is InChI=1S/C16H19N7/c1-22-11-9-19-16(22)21-20-15-5-3-14(4-6-15)18-7-2-10-23-12-8-17-13-23/h3-6,8-9,11-13,18H,2,7,10H2,1H3/b21-20+. The summed E-state index contributed by atoms with van der Waals surface area (Å²) in [6.45, 7) is 1.87. The smallest absolute Gasteiger partial charge is 0.249 e. The number of aryl methyl sites for hydroxylation is 2. The summed E-state index contributed by atoms with van der Waals surface area (Å²) in [5.74, 6) is 0.590. The van der Waals surface area contributed by atoms with Gasteiger partial charge in [0, 0.05) is 50.6 Å². The molecule has 0 fully saturated rings. The third-order valence-corrected chi connectivity index (χ3v) is 3.40. The van der Waals surface area contributed by atoms with Crippen LogP contribution in [0.1, 0.15) is 6.42 Å². The minimum atomic E-state index is 0.590. The predicted octanol–water partition coefficient (Wildman–Crippen LogP) is 3.53. The summed E-state index contributed by atoms with van der Waals surface area (Å²) >= 11 is 0. The van der Waals surface area contributed by atoms with Crippen LogP contribution in [0.3, 0.4) is 0 Å². The number of nitrogens with one attached hydrogen (secondary N) is 1. The van der Waals surface area contributed by atoms with Gasteiger partial charge in [0.1, 0.15) is 0 Å². The number of azo groups is 1. The number of benzene rings is 1. The van der Waals surface area contributed by atoms with Crippen LogP contribution in [-0.4, -0.2) is 25.6 Å². The maximum absolute atomic E-state index is 4.18. The molecule has 3 rings (SSSR count). The summed E-state index contributed by atoms with van der Waals surface area (Å²) in [7, 11) is 1.89. The highest BCUT2D eigenvalue weighted by Crippen LogP contribution is 2.19. The molecule has 2 heterocycles. The highest BCUT2D eigenvalue weighted by molar-refractivity contribution is 5.50. The van der Waals surface area contributed by atoms with Crippen LogP contribution < -0.4 is 5.32 Å². The number of anilines is 1. The highest BCUT2D eigenvalue weighted by atomic mass is 15.2. The van der Waals surface area contributed by atoms with Crippen molar-refractivity contribution in [2.45, 2.75) is 13.0 Å². The van der Waals surface area contributed by atoms with Crippen LogP contribution in [0.25, 0.3) is 0 Å². The number of hydrogen-bond donors (Lipinski definition) is 1. The van der Waals surface area contributed by atoms with Crippen molar-refractivity contribution in [3.63, 3.8) is 0 Å². The number of aromatic nitrogens is 4. The van der Waals surface area contributed by atoms with Gasteiger partial charge in [0.05, 0.1) is 12.0 Å². The lowest BCUT2D eigenvalue weighted by atomic mass is 10.3. The zero-order valence-electron chi connectivity index (χ0n) is 13.0. The van der Waals surface area contributed by atoms with Crippen LogP contribution >= 0.6 is 0 Å². The van der Waals surface area contributed by atoms with Gasteiger partial charge in [-0.15, -0.1) is 10.2 Å². The minimum absolute atomic E-state index is 0.590. The molecular formula is C16H19N7. The first kappa shape index (κ1) is 15.0. The molecule has 0 aliphatic heterocycles. The van der Waals surface area contributed by atoms with Gasteiger partial charge in [0.25, 0.3) is 0 Å². The van der Waals surface area contributed by atoms with E-state index in [1.807, 2.05) is 54.6 Å². The monoisotopic (exact) mass is 309 g/mol. The fourth-order valence-electron chi connectivity index (χ4n) is 2.12. The molecule has 0 aliphatic carbocycles. The second-order valence-electron chi connectivity index (χ2n) is 5.17. The molecule has 7 nitrogen and oxygen atoms in total. The molecule has 3 aromatic rings. The fourth-order valence-corrected chi connectivity index (χ4v) is 2.12. The van der Waals surface area contributed by atoms with Crippen LogP contribution in [0, 0.1) is 0 Å². The van der Waals surface area contributed by atoms with Gasteiger partial charge < -0.3 is 14.5 Å². The van der Waals surface area contributed by atoms with Crippen LogP contribution in [0.4, 0.5) is 17.3 Å². The summed E-state index contributed by atoms with van der Waals surface area (Å²) in [5, 5.41) is 11.7. The Bertz CT molecular complexity index is 741. The first-order valence-corrected chi connectivity index (χ1v) is 7.50. The molecule has 0 aliphatic rings. The molecule has 0 unspecified atom stereocenters. The highest BCUT2D eigenvalue weighted by Gasteiger charge is 1.97. The molecule has 1 aromatic carbocycles. The first-order chi connectivity index (χ1) is 11.3. The second kappa shape index (κ2) is 7.35. The van der Waals surface area contributed by atoms with Crippen LogP contribution in [0.2, 0.25) is 0 Å². The lowest BCUT2D eigenvalue weighted by Gasteiger charge is -2.06. The van der Waals surface area contributed by atoms with Crippen molar-refractivity contribution in [2.75, 3.05) is 11.9 Å². The molecule has 23 heavy (non-hydrogen) atoms. The van der Waals surface area contributed by atoms with E-state index in [1.54, 1.807) is 12.4 Å². The lowest BCUT2D eigenvalue weighted by Crippen LogP contribution is -2.05. The third kappa shape index (κ3) is 4.26. The average Bonchev–Trinajstić information content (AvgIpc) is 3.22. The van der Waals surface area contributed by atoms with Crippen molar-refractivity contribution in [2.24, 2.45) is 17.3 Å². The number of hydrogen-bond acceptors (Lipinski definition) is 5. The van der Waals surface area contributed by atoms with Gasteiger partial charge in [0.2, 0.25) is 5.95 Å². The van der Waals surface area contributed by atoms with E-state index in [9.17, 15) is 0 Å². The summed E-state index contributed by atoms with van der Waals surface area (Å²) in [6, 6.07) is 7.88. The Morgan fingerprint density at radius 1 is 1.09 bits per heavy atom. The molecule has 0 saturated carbocycles. The zero-order chi connectivity index (χ0) is 15.9. The van der Waals surface area contributed by atoms with E-state index in [-0.39, 0.29) is 0 Å². The van der Waals surface area contributed by atoms with Crippen molar-refractivity contribution in [1.29, 1.82) is 0 Å². The first-order valence-electron chi connectivity index (χ1n) is 7.50. The van der Waals surface area contributed by atoms with Gasteiger partial charge in [-0.2, -0.15) is 0 Å². The van der Waals surface area contributed by atoms with Gasteiger partial charge in [-0.1, -0.05) is 0 Å². The van der Waals surface area contributed by atoms with Gasteiger partial charge in [-0.3, -0.25) is 0 Å². The summed E-state index contributed by atoms with van der Waals surface area (Å²) in [6.07, 6.45) is 10.2. The summed E-state index contributed by atoms with van der Waals surface area (Å²) < 4.78 is 3.89. The molecule has 0 saturated heterocycles. The zero-order valence-corrected chi connectivity index (χ0v) is 13.0. The lowest BCUT2D eigenvalue weighted by molar-refractivity contribution is 0.661. The number of rotatable bonds is 7. The molecule has 0 bridgehead atoms. The van der Waals surface area contributed by atoms with Gasteiger partial charge in [0.15, 0.2) is 0 Å². The second-order valence-corrected chi connectivity index (χ2v) is 5.17. The Morgan fingerprint density at radius 2 is 1.96 bits per heavy atom. The Labute approximate surface area is 134 Å². The van der Waals surface area contributed by atoms with E-state index in [2.05, 4.69) is 30.1 Å². The average molecular weight is 309 g/mol.